The first-order valence-electron chi connectivity index (χ1n) is 7.72. The maximum absolute atomic E-state index is 12.4. The van der Waals surface area contributed by atoms with Crippen LogP contribution in [-0.4, -0.2) is 35.7 Å². The highest BCUT2D eigenvalue weighted by Crippen LogP contribution is 2.21. The van der Waals surface area contributed by atoms with Crippen molar-refractivity contribution in [1.82, 2.24) is 5.32 Å². The van der Waals surface area contributed by atoms with Crippen molar-refractivity contribution in [3.63, 3.8) is 0 Å². The number of hydrogen-bond acceptors (Lipinski definition) is 3. The lowest BCUT2D eigenvalue weighted by Gasteiger charge is -2.16. The Balaban J connectivity index is 2.14. The van der Waals surface area contributed by atoms with Gasteiger partial charge in [0.25, 0.3) is 5.91 Å². The highest BCUT2D eigenvalue weighted by Gasteiger charge is 2.13. The molecule has 0 aliphatic heterocycles. The molecule has 0 radical (unpaired) electrons. The first kappa shape index (κ1) is 17.6. The number of aliphatic hydroxyl groups is 1. The van der Waals surface area contributed by atoms with Crippen LogP contribution in [0.5, 0.6) is 0 Å². The molecule has 0 fully saturated rings. The van der Waals surface area contributed by atoms with Crippen molar-refractivity contribution >= 4 is 17.7 Å². The number of rotatable bonds is 7. The van der Waals surface area contributed by atoms with Crippen LogP contribution in [-0.2, 0) is 0 Å². The molecule has 0 spiro atoms. The number of amides is 1. The summed E-state index contributed by atoms with van der Waals surface area (Å²) in [5, 5.41) is 12.3. The average Bonchev–Trinajstić information content (AvgIpc) is 2.58. The van der Waals surface area contributed by atoms with Gasteiger partial charge in [-0.2, -0.15) is 11.8 Å². The fraction of sp³-hybridized carbons (Fsp3) is 0.316. The van der Waals surface area contributed by atoms with Crippen molar-refractivity contribution in [3.8, 4) is 11.1 Å². The zero-order chi connectivity index (χ0) is 16.7. The van der Waals surface area contributed by atoms with E-state index in [2.05, 4.69) is 24.4 Å². The van der Waals surface area contributed by atoms with Gasteiger partial charge >= 0.3 is 0 Å². The van der Waals surface area contributed by atoms with E-state index in [1.54, 1.807) is 17.8 Å². The second-order valence-electron chi connectivity index (χ2n) is 5.58. The molecule has 0 aliphatic carbocycles. The molecule has 2 aromatic carbocycles. The normalized spacial score (nSPS) is 12.0. The quantitative estimate of drug-likeness (QED) is 0.817. The van der Waals surface area contributed by atoms with Gasteiger partial charge in [-0.05, 0) is 48.6 Å². The molecule has 0 heterocycles. The molecular weight excluding hydrogens is 306 g/mol. The maximum atomic E-state index is 12.4. The summed E-state index contributed by atoms with van der Waals surface area (Å²) >= 11 is 1.71. The molecule has 0 unspecified atom stereocenters. The zero-order valence-electron chi connectivity index (χ0n) is 13.6. The number of hydrogen-bond donors (Lipinski definition) is 2. The number of aliphatic hydroxyl groups excluding tert-OH is 1. The van der Waals surface area contributed by atoms with E-state index in [4.69, 9.17) is 0 Å². The highest BCUT2D eigenvalue weighted by molar-refractivity contribution is 7.98. The number of thioether (sulfide) groups is 1. The Labute approximate surface area is 142 Å². The molecule has 0 aromatic heterocycles. The van der Waals surface area contributed by atoms with E-state index in [9.17, 15) is 9.90 Å². The van der Waals surface area contributed by atoms with Crippen molar-refractivity contribution in [2.24, 2.45) is 0 Å². The Morgan fingerprint density at radius 2 is 1.87 bits per heavy atom. The molecule has 23 heavy (non-hydrogen) atoms. The lowest BCUT2D eigenvalue weighted by molar-refractivity contribution is 0.0915. The van der Waals surface area contributed by atoms with Gasteiger partial charge < -0.3 is 10.4 Å². The third-order valence-corrected chi connectivity index (χ3v) is 4.35. The van der Waals surface area contributed by atoms with Gasteiger partial charge in [0.2, 0.25) is 0 Å². The lowest BCUT2D eigenvalue weighted by Crippen LogP contribution is -2.37. The van der Waals surface area contributed by atoms with Gasteiger partial charge in [0.05, 0.1) is 12.6 Å². The molecule has 2 N–H and O–H groups in total. The van der Waals surface area contributed by atoms with Gasteiger partial charge in [-0.1, -0.05) is 42.0 Å². The van der Waals surface area contributed by atoms with Crippen molar-refractivity contribution in [2.75, 3.05) is 18.6 Å². The van der Waals surface area contributed by atoms with Gasteiger partial charge in [-0.3, -0.25) is 4.79 Å². The van der Waals surface area contributed by atoms with Crippen molar-refractivity contribution in [1.29, 1.82) is 0 Å². The van der Waals surface area contributed by atoms with Gasteiger partial charge in [-0.15, -0.1) is 0 Å². The fourth-order valence-electron chi connectivity index (χ4n) is 2.40. The Morgan fingerprint density at radius 3 is 2.52 bits per heavy atom. The van der Waals surface area contributed by atoms with E-state index in [0.29, 0.717) is 5.56 Å². The Kier molecular flexibility index (Phi) is 6.68. The van der Waals surface area contributed by atoms with Gasteiger partial charge in [-0.25, -0.2) is 0 Å². The minimum absolute atomic E-state index is 0.0378. The topological polar surface area (TPSA) is 49.3 Å². The molecule has 0 aliphatic rings. The van der Waals surface area contributed by atoms with Gasteiger partial charge in [0, 0.05) is 5.56 Å². The number of aryl methyl sites for hydroxylation is 1. The Hall–Kier alpha value is -1.78. The predicted molar refractivity (Wildman–Crippen MR) is 98.0 cm³/mol. The number of carbonyl (C=O) groups excluding carboxylic acids is 1. The van der Waals surface area contributed by atoms with Crippen LogP contribution in [0.1, 0.15) is 22.3 Å². The largest absolute Gasteiger partial charge is 0.394 e. The summed E-state index contributed by atoms with van der Waals surface area (Å²) in [5.41, 5.74) is 3.92. The Bertz CT molecular complexity index is 657. The molecule has 1 amide bonds. The smallest absolute Gasteiger partial charge is 0.251 e. The minimum atomic E-state index is -0.197. The van der Waals surface area contributed by atoms with Crippen LogP contribution >= 0.6 is 11.8 Å². The molecule has 2 aromatic rings. The molecule has 0 saturated heterocycles. The first-order valence-corrected chi connectivity index (χ1v) is 9.11. The van der Waals surface area contributed by atoms with Crippen LogP contribution in [0.2, 0.25) is 0 Å². The van der Waals surface area contributed by atoms with Crippen LogP contribution in [0.4, 0.5) is 0 Å². The standard InChI is InChI=1S/C19H23NO2S/c1-14-5-3-6-15(11-14)16-7-4-8-17(12-16)19(22)20-18(13-21)9-10-23-2/h3-8,11-12,18,21H,9-10,13H2,1-2H3,(H,20,22)/t18-/m0/s1. The molecular formula is C19H23NO2S. The summed E-state index contributed by atoms with van der Waals surface area (Å²) in [7, 11) is 0. The van der Waals surface area contributed by atoms with Crippen LogP contribution in [0, 0.1) is 6.92 Å². The van der Waals surface area contributed by atoms with Crippen molar-refractivity contribution in [3.05, 3.63) is 59.7 Å². The SMILES string of the molecule is CSCC[C@@H](CO)NC(=O)c1cccc(-c2cccc(C)c2)c1. The van der Waals surface area contributed by atoms with E-state index in [1.165, 1.54) is 5.56 Å². The summed E-state index contributed by atoms with van der Waals surface area (Å²) in [6, 6.07) is 15.6. The highest BCUT2D eigenvalue weighted by atomic mass is 32.2. The summed E-state index contributed by atoms with van der Waals surface area (Å²) in [4.78, 5) is 12.4. The monoisotopic (exact) mass is 329 g/mol. The van der Waals surface area contributed by atoms with E-state index >= 15 is 0 Å². The predicted octanol–water partition coefficient (Wildman–Crippen LogP) is 3.51. The van der Waals surface area contributed by atoms with E-state index in [-0.39, 0.29) is 18.6 Å². The fourth-order valence-corrected chi connectivity index (χ4v) is 2.92. The Morgan fingerprint density at radius 1 is 1.17 bits per heavy atom. The van der Waals surface area contributed by atoms with Crippen LogP contribution in [0.25, 0.3) is 11.1 Å². The first-order chi connectivity index (χ1) is 11.1. The van der Waals surface area contributed by atoms with E-state index in [0.717, 1.165) is 23.3 Å². The van der Waals surface area contributed by atoms with Gasteiger partial charge in [0.15, 0.2) is 0 Å². The molecule has 0 saturated carbocycles. The molecule has 122 valence electrons. The van der Waals surface area contributed by atoms with Crippen molar-refractivity contribution < 1.29 is 9.90 Å². The van der Waals surface area contributed by atoms with E-state index in [1.807, 2.05) is 36.6 Å². The third-order valence-electron chi connectivity index (χ3n) is 3.70. The molecule has 2 rings (SSSR count). The summed E-state index contributed by atoms with van der Waals surface area (Å²) in [5.74, 6) is 0.772. The van der Waals surface area contributed by atoms with Crippen molar-refractivity contribution in [2.45, 2.75) is 19.4 Å². The molecule has 3 nitrogen and oxygen atoms in total. The number of carbonyl (C=O) groups is 1. The van der Waals surface area contributed by atoms with Crippen LogP contribution < -0.4 is 5.32 Å². The maximum Gasteiger partial charge on any atom is 0.251 e. The zero-order valence-corrected chi connectivity index (χ0v) is 14.4. The summed E-state index contributed by atoms with van der Waals surface area (Å²) in [6.45, 7) is 2.02. The lowest BCUT2D eigenvalue weighted by atomic mass is 10.0. The molecule has 1 atom stereocenters. The number of nitrogens with one attached hydrogen (secondary N) is 1. The number of benzene rings is 2. The summed E-state index contributed by atoms with van der Waals surface area (Å²) < 4.78 is 0. The average molecular weight is 329 g/mol. The minimum Gasteiger partial charge on any atom is -0.394 e. The molecule has 4 heteroatoms. The van der Waals surface area contributed by atoms with Gasteiger partial charge in [0.1, 0.15) is 0 Å². The molecule has 0 bridgehead atoms. The van der Waals surface area contributed by atoms with E-state index < -0.39 is 0 Å². The third kappa shape index (κ3) is 5.12. The second kappa shape index (κ2) is 8.75. The second-order valence-corrected chi connectivity index (χ2v) is 6.57. The van der Waals surface area contributed by atoms with Crippen LogP contribution in [0.15, 0.2) is 48.5 Å². The van der Waals surface area contributed by atoms with Crippen LogP contribution in [0.3, 0.4) is 0 Å². The summed E-state index contributed by atoms with van der Waals surface area (Å²) in [6.07, 6.45) is 2.78.